The Hall–Kier alpha value is -3.20. The maximum Gasteiger partial charge on any atom is 0.228 e. The fourth-order valence-electron chi connectivity index (χ4n) is 5.39. The average Bonchev–Trinajstić information content (AvgIpc) is 3.42. The summed E-state index contributed by atoms with van der Waals surface area (Å²) in [6.45, 7) is 5.07. The molecule has 1 unspecified atom stereocenters. The molecule has 1 atom stereocenters. The minimum Gasteiger partial charge on any atom is -0.437 e. The number of benzene rings is 1. The fourth-order valence-corrected chi connectivity index (χ4v) is 5.39. The second-order valence-electron chi connectivity index (χ2n) is 10.0. The molecule has 1 aliphatic carbocycles. The molecule has 5 heterocycles. The van der Waals surface area contributed by atoms with Gasteiger partial charge in [0.1, 0.15) is 5.84 Å². The quantitative estimate of drug-likeness (QED) is 0.436. The second kappa shape index (κ2) is 8.48. The van der Waals surface area contributed by atoms with Crippen LogP contribution in [-0.4, -0.2) is 65.5 Å². The number of H-pyrrole nitrogens is 1. The molecule has 8 heteroatoms. The van der Waals surface area contributed by atoms with E-state index in [0.29, 0.717) is 18.9 Å². The van der Waals surface area contributed by atoms with Crippen molar-refractivity contribution < 1.29 is 9.15 Å². The molecule has 7 rings (SSSR count). The lowest BCUT2D eigenvalue weighted by atomic mass is 10.1. The summed E-state index contributed by atoms with van der Waals surface area (Å²) in [5.41, 5.74) is 5.01. The number of aromatic amines is 1. The van der Waals surface area contributed by atoms with Crippen LogP contribution in [0, 0.1) is 5.92 Å². The van der Waals surface area contributed by atoms with Crippen molar-refractivity contribution in [2.75, 3.05) is 45.2 Å². The molecule has 180 valence electrons. The van der Waals surface area contributed by atoms with Crippen LogP contribution >= 0.6 is 0 Å². The van der Waals surface area contributed by atoms with Crippen molar-refractivity contribution in [2.24, 2.45) is 10.9 Å². The summed E-state index contributed by atoms with van der Waals surface area (Å²) in [4.78, 5) is 18.0. The van der Waals surface area contributed by atoms with E-state index in [1.165, 1.54) is 18.4 Å². The molecule has 2 N–H and O–H groups in total. The van der Waals surface area contributed by atoms with Crippen molar-refractivity contribution in [3.05, 3.63) is 59.6 Å². The Morgan fingerprint density at radius 3 is 2.89 bits per heavy atom. The Bertz CT molecular complexity index is 1410. The molecule has 2 fully saturated rings. The predicted octanol–water partition coefficient (Wildman–Crippen LogP) is 4.35. The minimum absolute atomic E-state index is 0.213. The van der Waals surface area contributed by atoms with Crippen LogP contribution in [0.15, 0.2) is 52.1 Å². The highest BCUT2D eigenvalue weighted by molar-refractivity contribution is 6.18. The van der Waals surface area contributed by atoms with Gasteiger partial charge in [-0.25, -0.2) is 9.98 Å². The van der Waals surface area contributed by atoms with Gasteiger partial charge in [-0.3, -0.25) is 4.90 Å². The summed E-state index contributed by atoms with van der Waals surface area (Å²) in [5, 5.41) is 5.81. The van der Waals surface area contributed by atoms with Gasteiger partial charge in [0.25, 0.3) is 0 Å². The maximum absolute atomic E-state index is 6.36. The van der Waals surface area contributed by atoms with E-state index in [0.717, 1.165) is 71.2 Å². The summed E-state index contributed by atoms with van der Waals surface area (Å²) < 4.78 is 12.0. The van der Waals surface area contributed by atoms with Crippen LogP contribution in [-0.2, 0) is 11.3 Å². The molecule has 8 nitrogen and oxygen atoms in total. The molecule has 0 bridgehead atoms. The van der Waals surface area contributed by atoms with Crippen LogP contribution < -0.4 is 5.32 Å². The van der Waals surface area contributed by atoms with E-state index in [4.69, 9.17) is 19.1 Å². The molecule has 0 amide bonds. The lowest BCUT2D eigenvalue weighted by molar-refractivity contribution is 0.0138. The van der Waals surface area contributed by atoms with Crippen LogP contribution in [0.2, 0.25) is 0 Å². The standard InChI is InChI=1S/C27H30N6O2/c1-32(15-17-5-6-17)16-18-13-21-23-24(35-27(21)29-14-18)26(33-9-11-34-12-10-33)31-25(30-23)20-3-2-4-22-19(20)7-8-28-22/h2-4,7-8,13-14,17,26,28H,5-6,9-12,15-16H2,1H3,(H,30,31). The van der Waals surface area contributed by atoms with Gasteiger partial charge in [0.15, 0.2) is 11.9 Å². The van der Waals surface area contributed by atoms with E-state index >= 15 is 0 Å². The number of rotatable bonds is 6. The van der Waals surface area contributed by atoms with Crippen LogP contribution in [0.4, 0.5) is 5.69 Å². The molecule has 35 heavy (non-hydrogen) atoms. The van der Waals surface area contributed by atoms with E-state index in [9.17, 15) is 0 Å². The van der Waals surface area contributed by atoms with Crippen LogP contribution in [0.25, 0.3) is 22.0 Å². The minimum atomic E-state index is -0.213. The van der Waals surface area contributed by atoms with Gasteiger partial charge in [0.2, 0.25) is 5.71 Å². The smallest absolute Gasteiger partial charge is 0.228 e. The maximum atomic E-state index is 6.36. The van der Waals surface area contributed by atoms with E-state index in [-0.39, 0.29) is 6.17 Å². The molecular formula is C27H30N6O2. The summed E-state index contributed by atoms with van der Waals surface area (Å²) in [5.74, 6) is 2.56. The normalized spacial score (nSPS) is 20.9. The zero-order valence-electron chi connectivity index (χ0n) is 20.0. The molecule has 0 spiro atoms. The Balaban J connectivity index is 1.30. The van der Waals surface area contributed by atoms with Gasteiger partial charge in [0.05, 0.1) is 24.3 Å². The first kappa shape index (κ1) is 21.1. The number of fused-ring (bicyclic) bond motifs is 4. The lowest BCUT2D eigenvalue weighted by Crippen LogP contribution is -2.40. The van der Waals surface area contributed by atoms with Gasteiger partial charge < -0.3 is 24.4 Å². The Morgan fingerprint density at radius 2 is 2.03 bits per heavy atom. The van der Waals surface area contributed by atoms with Crippen LogP contribution in [0.5, 0.6) is 0 Å². The first-order valence-electron chi connectivity index (χ1n) is 12.6. The SMILES string of the molecule is CN(Cc1cnc2oc3c(c2c1)NC(c1cccc2[nH]ccc12)=NC3N1CCOCC1)CC1CC1. The number of morpholine rings is 1. The third kappa shape index (κ3) is 3.91. The number of amidine groups is 1. The number of ether oxygens (including phenoxy) is 1. The Labute approximate surface area is 204 Å². The molecule has 1 saturated carbocycles. The van der Waals surface area contributed by atoms with Crippen LogP contribution in [0.3, 0.4) is 0 Å². The zero-order valence-corrected chi connectivity index (χ0v) is 20.0. The molecule has 1 aromatic carbocycles. The number of anilines is 1. The van der Waals surface area contributed by atoms with E-state index in [1.54, 1.807) is 0 Å². The number of nitrogens with zero attached hydrogens (tertiary/aromatic N) is 4. The Kier molecular flexibility index (Phi) is 5.11. The van der Waals surface area contributed by atoms with Crippen molar-refractivity contribution in [1.29, 1.82) is 0 Å². The van der Waals surface area contributed by atoms with Crippen molar-refractivity contribution in [1.82, 2.24) is 19.8 Å². The third-order valence-corrected chi connectivity index (χ3v) is 7.32. The number of aromatic nitrogens is 2. The number of nitrogens with one attached hydrogen (secondary N) is 2. The molecule has 0 radical (unpaired) electrons. The van der Waals surface area contributed by atoms with Gasteiger partial charge in [-0.15, -0.1) is 0 Å². The third-order valence-electron chi connectivity index (χ3n) is 7.32. The summed E-state index contributed by atoms with van der Waals surface area (Å²) >= 11 is 0. The number of hydrogen-bond donors (Lipinski definition) is 2. The fraction of sp³-hybridized carbons (Fsp3) is 0.407. The van der Waals surface area contributed by atoms with E-state index in [1.807, 2.05) is 12.4 Å². The summed E-state index contributed by atoms with van der Waals surface area (Å²) in [6.07, 6.45) is 6.44. The molecule has 2 aliphatic heterocycles. The number of furan rings is 1. The topological polar surface area (TPSA) is 81.9 Å². The Morgan fingerprint density at radius 1 is 1.14 bits per heavy atom. The van der Waals surface area contributed by atoms with E-state index in [2.05, 4.69) is 57.5 Å². The van der Waals surface area contributed by atoms with Gasteiger partial charge in [-0.1, -0.05) is 12.1 Å². The first-order chi connectivity index (χ1) is 17.2. The molecule has 3 aliphatic rings. The summed E-state index contributed by atoms with van der Waals surface area (Å²) in [7, 11) is 2.20. The predicted molar refractivity (Wildman–Crippen MR) is 137 cm³/mol. The van der Waals surface area contributed by atoms with Crippen molar-refractivity contribution in [3.8, 4) is 0 Å². The number of aliphatic imine (C=N–C) groups is 1. The largest absolute Gasteiger partial charge is 0.437 e. The molecule has 1 saturated heterocycles. The van der Waals surface area contributed by atoms with Crippen molar-refractivity contribution >= 4 is 33.5 Å². The van der Waals surface area contributed by atoms with Gasteiger partial charge >= 0.3 is 0 Å². The highest BCUT2D eigenvalue weighted by Crippen LogP contribution is 2.41. The van der Waals surface area contributed by atoms with Crippen LogP contribution in [0.1, 0.15) is 35.9 Å². The summed E-state index contributed by atoms with van der Waals surface area (Å²) in [6, 6.07) is 10.6. The van der Waals surface area contributed by atoms with E-state index < -0.39 is 0 Å². The first-order valence-corrected chi connectivity index (χ1v) is 12.6. The average molecular weight is 471 g/mol. The van der Waals surface area contributed by atoms with Gasteiger partial charge in [0, 0.05) is 55.0 Å². The number of hydrogen-bond acceptors (Lipinski definition) is 7. The highest BCUT2D eigenvalue weighted by atomic mass is 16.5. The highest BCUT2D eigenvalue weighted by Gasteiger charge is 2.34. The van der Waals surface area contributed by atoms with Crippen molar-refractivity contribution in [2.45, 2.75) is 25.6 Å². The van der Waals surface area contributed by atoms with Gasteiger partial charge in [-0.2, -0.15) is 0 Å². The molecule has 4 aromatic rings. The van der Waals surface area contributed by atoms with Gasteiger partial charge in [-0.05, 0) is 49.6 Å². The zero-order chi connectivity index (χ0) is 23.4. The second-order valence-corrected chi connectivity index (χ2v) is 10.0. The molecular weight excluding hydrogens is 440 g/mol. The lowest BCUT2D eigenvalue weighted by Gasteiger charge is -2.33. The molecule has 3 aromatic heterocycles. The van der Waals surface area contributed by atoms with Crippen molar-refractivity contribution in [3.63, 3.8) is 0 Å². The number of pyridine rings is 1. The monoisotopic (exact) mass is 470 g/mol.